The van der Waals surface area contributed by atoms with E-state index in [-0.39, 0.29) is 22.3 Å². The van der Waals surface area contributed by atoms with Gasteiger partial charge >= 0.3 is 0 Å². The lowest BCUT2D eigenvalue weighted by atomic mass is 9.80. The van der Waals surface area contributed by atoms with Gasteiger partial charge in [-0.05, 0) is 112 Å². The summed E-state index contributed by atoms with van der Waals surface area (Å²) in [6, 6.07) is 17.7. The molecule has 1 unspecified atom stereocenters. The smallest absolute Gasteiger partial charge is 0.210 e. The molecule has 0 radical (unpaired) electrons. The first-order chi connectivity index (χ1) is 31.2. The maximum Gasteiger partial charge on any atom is 0.210 e. The lowest BCUT2D eigenvalue weighted by Crippen LogP contribution is -2.37. The Kier molecular flexibility index (Phi) is 15.5. The average Bonchev–Trinajstić information content (AvgIpc) is 3.64. The molecule has 8 nitrogen and oxygen atoms in total. The van der Waals surface area contributed by atoms with Crippen LogP contribution in [0.25, 0.3) is 0 Å². The van der Waals surface area contributed by atoms with E-state index in [9.17, 15) is 0 Å². The third kappa shape index (κ3) is 10.7. The highest BCUT2D eigenvalue weighted by molar-refractivity contribution is 6.03. The normalized spacial score (nSPS) is 20.3. The molecule has 4 aliphatic rings. The van der Waals surface area contributed by atoms with E-state index in [1.807, 2.05) is 0 Å². The molecular weight excluding hydrogens is 807 g/mol. The van der Waals surface area contributed by atoms with E-state index in [4.69, 9.17) is 23.7 Å². The molecule has 0 saturated heterocycles. The van der Waals surface area contributed by atoms with Crippen LogP contribution in [-0.2, 0) is 31.6 Å². The summed E-state index contributed by atoms with van der Waals surface area (Å²) in [5, 5.41) is 0. The molecule has 1 aromatic heterocycles. The second-order valence-corrected chi connectivity index (χ2v) is 20.9. The molecule has 8 heteroatoms. The Balaban J connectivity index is 1.33. The molecule has 0 N–H and O–H groups in total. The SMILES string of the molecule is COCCCN1/C(=C/C=C2\CCCC(/C=C/C3=[N+](CCCOC)c4ccc(OC)cc4C3(C)C)=C2OC(c2cc[n+](CC3CCCCC3)cc2)C(C)(C)C)C(C)(C)c2cc(OC)ccc21. The number of aromatic nitrogens is 1. The van der Waals surface area contributed by atoms with Crippen LogP contribution in [0.3, 0.4) is 0 Å². The number of allylic oxidation sites excluding steroid dienone is 7. The van der Waals surface area contributed by atoms with Crippen LogP contribution >= 0.6 is 0 Å². The van der Waals surface area contributed by atoms with Crippen LogP contribution in [0.4, 0.5) is 11.4 Å². The van der Waals surface area contributed by atoms with Gasteiger partial charge in [0, 0.05) is 97.3 Å². The van der Waals surface area contributed by atoms with Crippen LogP contribution < -0.4 is 18.9 Å². The molecule has 1 saturated carbocycles. The molecule has 2 aliphatic carbocycles. The number of methoxy groups -OCH3 is 4. The highest BCUT2D eigenvalue weighted by Gasteiger charge is 2.45. The maximum atomic E-state index is 7.61. The largest absolute Gasteiger partial charge is 0.497 e. The van der Waals surface area contributed by atoms with E-state index in [1.165, 1.54) is 82.7 Å². The van der Waals surface area contributed by atoms with Gasteiger partial charge in [-0.3, -0.25) is 0 Å². The molecule has 1 atom stereocenters. The highest BCUT2D eigenvalue weighted by atomic mass is 16.5. The molecule has 350 valence electrons. The molecule has 0 spiro atoms. The predicted octanol–water partition coefficient (Wildman–Crippen LogP) is 12.4. The van der Waals surface area contributed by atoms with Gasteiger partial charge in [0.2, 0.25) is 5.69 Å². The van der Waals surface area contributed by atoms with E-state index in [1.54, 1.807) is 28.4 Å². The Morgan fingerprint density at radius 2 is 1.43 bits per heavy atom. The molecule has 2 aliphatic heterocycles. The average molecular weight is 886 g/mol. The Morgan fingerprint density at radius 1 is 0.754 bits per heavy atom. The quantitative estimate of drug-likeness (QED) is 0.0937. The van der Waals surface area contributed by atoms with E-state index in [2.05, 4.69) is 148 Å². The number of pyridine rings is 1. The van der Waals surface area contributed by atoms with Crippen molar-refractivity contribution < 1.29 is 32.8 Å². The van der Waals surface area contributed by atoms with Crippen molar-refractivity contribution in [2.24, 2.45) is 11.3 Å². The van der Waals surface area contributed by atoms with Gasteiger partial charge in [0.1, 0.15) is 23.4 Å². The number of ether oxygens (including phenoxy) is 5. The zero-order valence-corrected chi connectivity index (χ0v) is 41.7. The number of benzene rings is 2. The van der Waals surface area contributed by atoms with Gasteiger partial charge in [-0.15, -0.1) is 0 Å². The summed E-state index contributed by atoms with van der Waals surface area (Å²) in [5.74, 6) is 3.53. The maximum absolute atomic E-state index is 7.61. The summed E-state index contributed by atoms with van der Waals surface area (Å²) in [6.07, 6.45) is 25.5. The van der Waals surface area contributed by atoms with Crippen molar-refractivity contribution in [3.63, 3.8) is 0 Å². The van der Waals surface area contributed by atoms with Crippen molar-refractivity contribution in [3.05, 3.63) is 125 Å². The zero-order chi connectivity index (χ0) is 46.4. The topological polar surface area (TPSA) is 56.3 Å². The number of hydrogen-bond donors (Lipinski definition) is 0. The summed E-state index contributed by atoms with van der Waals surface area (Å²) in [4.78, 5) is 2.49. The summed E-state index contributed by atoms with van der Waals surface area (Å²) < 4.78 is 35.1. The Bertz CT molecular complexity index is 2280. The third-order valence-corrected chi connectivity index (χ3v) is 14.5. The van der Waals surface area contributed by atoms with Gasteiger partial charge in [-0.2, -0.15) is 4.58 Å². The molecule has 1 fully saturated rings. The van der Waals surface area contributed by atoms with Gasteiger partial charge in [0.05, 0.1) is 26.2 Å². The van der Waals surface area contributed by atoms with Crippen LogP contribution in [0.15, 0.2) is 108 Å². The number of rotatable bonds is 18. The first-order valence-electron chi connectivity index (χ1n) is 24.5. The molecule has 3 heterocycles. The van der Waals surface area contributed by atoms with E-state index in [0.717, 1.165) is 74.9 Å². The van der Waals surface area contributed by atoms with Gasteiger partial charge in [0.15, 0.2) is 31.2 Å². The predicted molar refractivity (Wildman–Crippen MR) is 265 cm³/mol. The Hall–Kier alpha value is -4.66. The lowest BCUT2D eigenvalue weighted by molar-refractivity contribution is -0.703. The highest BCUT2D eigenvalue weighted by Crippen LogP contribution is 2.50. The Labute approximate surface area is 391 Å². The number of nitrogens with zero attached hydrogens (tertiary/aromatic N) is 3. The summed E-state index contributed by atoms with van der Waals surface area (Å²) in [6.45, 7) is 20.5. The number of hydrogen-bond acceptors (Lipinski definition) is 6. The van der Waals surface area contributed by atoms with E-state index >= 15 is 0 Å². The third-order valence-electron chi connectivity index (χ3n) is 14.5. The summed E-state index contributed by atoms with van der Waals surface area (Å²) in [5.41, 5.74) is 10.6. The second kappa shape index (κ2) is 20.9. The zero-order valence-electron chi connectivity index (χ0n) is 41.7. The molecule has 7 rings (SSSR count). The van der Waals surface area contributed by atoms with Crippen LogP contribution in [0, 0.1) is 11.3 Å². The van der Waals surface area contributed by atoms with Crippen LogP contribution in [0.2, 0.25) is 0 Å². The monoisotopic (exact) mass is 886 g/mol. The van der Waals surface area contributed by atoms with Crippen molar-refractivity contribution in [2.75, 3.05) is 59.6 Å². The minimum Gasteiger partial charge on any atom is -0.497 e. The number of anilines is 1. The standard InChI is InChI=1S/C57H79N3O5/c1-55(2,3)54(44-30-34-58(35-31-44)40-41-18-13-12-14-19-41)65-53-42(22-28-51-56(4,5)47-38-45(63-10)24-26-49(47)59(51)32-16-36-61-8)20-15-21-43(53)23-29-52-57(6,7)48-39-46(64-11)25-27-50(48)60(52)33-17-37-62-9/h22-31,34-35,38-39,41,54H,12-21,32-33,36-37,40H2,1-11H3/q+2. The second-order valence-electron chi connectivity index (χ2n) is 20.9. The minimum absolute atomic E-state index is 0.164. The van der Waals surface area contributed by atoms with Crippen LogP contribution in [-0.4, -0.2) is 65.0 Å². The van der Waals surface area contributed by atoms with E-state index in [0.29, 0.717) is 13.2 Å². The van der Waals surface area contributed by atoms with Crippen molar-refractivity contribution in [1.82, 2.24) is 0 Å². The van der Waals surface area contributed by atoms with Crippen molar-refractivity contribution >= 4 is 17.1 Å². The van der Waals surface area contributed by atoms with Crippen molar-refractivity contribution in [3.8, 4) is 11.5 Å². The first-order valence-corrected chi connectivity index (χ1v) is 24.5. The molecular formula is C57H79N3O5+2. The van der Waals surface area contributed by atoms with Crippen molar-refractivity contribution in [1.29, 1.82) is 0 Å². The van der Waals surface area contributed by atoms with Gasteiger partial charge in [-0.1, -0.05) is 60.0 Å². The fraction of sp³-hybridized carbons (Fsp3) is 0.544. The van der Waals surface area contributed by atoms with Gasteiger partial charge in [-0.25, -0.2) is 4.57 Å². The summed E-state index contributed by atoms with van der Waals surface area (Å²) >= 11 is 0. The Morgan fingerprint density at radius 3 is 2.11 bits per heavy atom. The van der Waals surface area contributed by atoms with E-state index < -0.39 is 0 Å². The molecule has 0 amide bonds. The number of fused-ring (bicyclic) bond motifs is 2. The fourth-order valence-corrected chi connectivity index (χ4v) is 10.8. The molecule has 0 bridgehead atoms. The molecule has 3 aromatic rings. The van der Waals surface area contributed by atoms with Crippen LogP contribution in [0.5, 0.6) is 11.5 Å². The van der Waals surface area contributed by atoms with Crippen LogP contribution in [0.1, 0.15) is 135 Å². The first kappa shape index (κ1) is 48.3. The summed E-state index contributed by atoms with van der Waals surface area (Å²) in [7, 11) is 7.07. The minimum atomic E-state index is -0.240. The van der Waals surface area contributed by atoms with Gasteiger partial charge in [0.25, 0.3) is 0 Å². The lowest BCUT2D eigenvalue weighted by Gasteiger charge is -2.35. The fourth-order valence-electron chi connectivity index (χ4n) is 10.8. The molecule has 65 heavy (non-hydrogen) atoms. The molecule has 2 aromatic carbocycles. The van der Waals surface area contributed by atoms with Gasteiger partial charge < -0.3 is 28.6 Å². The van der Waals surface area contributed by atoms with Crippen molar-refractivity contribution in [2.45, 2.75) is 136 Å².